The molecule has 0 spiro atoms. The zero-order valence-corrected chi connectivity index (χ0v) is 19.2. The molecular formula is C23H26FN3O4S. The summed E-state index contributed by atoms with van der Waals surface area (Å²) < 4.78 is 42.7. The van der Waals surface area contributed by atoms with Crippen LogP contribution in [0, 0.1) is 13.8 Å². The first-order valence-corrected chi connectivity index (χ1v) is 11.4. The molecule has 3 aromatic rings. The van der Waals surface area contributed by atoms with E-state index in [4.69, 9.17) is 5.73 Å². The number of aromatic carboxylic acids is 1. The van der Waals surface area contributed by atoms with Crippen LogP contribution in [0.4, 0.5) is 4.39 Å². The summed E-state index contributed by atoms with van der Waals surface area (Å²) in [4.78, 5) is 11.7. The van der Waals surface area contributed by atoms with Crippen molar-refractivity contribution in [1.82, 2.24) is 8.87 Å². The lowest BCUT2D eigenvalue weighted by atomic mass is 9.97. The van der Waals surface area contributed by atoms with Crippen LogP contribution in [0.15, 0.2) is 53.2 Å². The maximum Gasteiger partial charge on any atom is 0.335 e. The maximum atomic E-state index is 14.4. The van der Waals surface area contributed by atoms with Gasteiger partial charge in [0, 0.05) is 42.8 Å². The van der Waals surface area contributed by atoms with Crippen molar-refractivity contribution in [1.29, 1.82) is 0 Å². The van der Waals surface area contributed by atoms with Gasteiger partial charge >= 0.3 is 5.97 Å². The van der Waals surface area contributed by atoms with E-state index in [0.717, 1.165) is 9.87 Å². The van der Waals surface area contributed by atoms with Crippen LogP contribution in [0.1, 0.15) is 21.6 Å². The predicted octanol–water partition coefficient (Wildman–Crippen LogP) is 3.69. The summed E-state index contributed by atoms with van der Waals surface area (Å²) in [5, 5.41) is 10.1. The van der Waals surface area contributed by atoms with Crippen molar-refractivity contribution in [2.75, 3.05) is 20.6 Å². The molecule has 32 heavy (non-hydrogen) atoms. The first kappa shape index (κ1) is 23.6. The maximum absolute atomic E-state index is 14.4. The average Bonchev–Trinajstić information content (AvgIpc) is 2.99. The number of rotatable bonds is 7. The van der Waals surface area contributed by atoms with Gasteiger partial charge in [-0.3, -0.25) is 0 Å². The molecule has 0 fully saturated rings. The van der Waals surface area contributed by atoms with Gasteiger partial charge in [-0.25, -0.2) is 21.9 Å². The average molecular weight is 460 g/mol. The molecule has 1 aromatic heterocycles. The van der Waals surface area contributed by atoms with Gasteiger partial charge < -0.3 is 15.4 Å². The summed E-state index contributed by atoms with van der Waals surface area (Å²) in [6.07, 6.45) is 1.28. The number of benzene rings is 2. The fraction of sp³-hybridized carbons (Fsp3) is 0.261. The molecule has 0 atom stereocenters. The highest BCUT2D eigenvalue weighted by Gasteiger charge is 2.23. The number of carbonyl (C=O) groups is 1. The van der Waals surface area contributed by atoms with E-state index in [1.54, 1.807) is 29.7 Å². The number of halogens is 1. The molecule has 0 aliphatic heterocycles. The zero-order valence-electron chi connectivity index (χ0n) is 18.4. The van der Waals surface area contributed by atoms with Crippen LogP contribution in [0.25, 0.3) is 22.0 Å². The third-order valence-corrected chi connectivity index (χ3v) is 7.29. The Kier molecular flexibility index (Phi) is 6.54. The number of hydrogen-bond acceptors (Lipinski definition) is 4. The highest BCUT2D eigenvalue weighted by molar-refractivity contribution is 7.89. The molecule has 9 heteroatoms. The van der Waals surface area contributed by atoms with Crippen molar-refractivity contribution in [3.05, 3.63) is 65.1 Å². The normalized spacial score (nSPS) is 12.7. The molecule has 0 aliphatic rings. The van der Waals surface area contributed by atoms with Crippen LogP contribution in [-0.2, 0) is 16.6 Å². The third kappa shape index (κ3) is 4.19. The van der Waals surface area contributed by atoms with Crippen molar-refractivity contribution in [2.24, 2.45) is 5.73 Å². The fourth-order valence-electron chi connectivity index (χ4n) is 3.74. The number of carboxylic acid groups (broad SMARTS) is 1. The van der Waals surface area contributed by atoms with E-state index in [-0.39, 0.29) is 23.5 Å². The van der Waals surface area contributed by atoms with Gasteiger partial charge in [-0.15, -0.1) is 0 Å². The number of fused-ring (bicyclic) bond motifs is 1. The van der Waals surface area contributed by atoms with E-state index in [0.29, 0.717) is 27.7 Å². The molecule has 1 heterocycles. The predicted molar refractivity (Wildman–Crippen MR) is 123 cm³/mol. The number of allylic oxidation sites excluding steroid dienone is 1. The van der Waals surface area contributed by atoms with Gasteiger partial charge in [-0.1, -0.05) is 6.07 Å². The highest BCUT2D eigenvalue weighted by Crippen LogP contribution is 2.38. The molecule has 0 aliphatic carbocycles. The van der Waals surface area contributed by atoms with Gasteiger partial charge in [-0.2, -0.15) is 0 Å². The molecule has 2 aromatic carbocycles. The monoisotopic (exact) mass is 459 g/mol. The van der Waals surface area contributed by atoms with Gasteiger partial charge in [0.25, 0.3) is 0 Å². The fourth-order valence-corrected chi connectivity index (χ4v) is 4.67. The summed E-state index contributed by atoms with van der Waals surface area (Å²) in [6, 6.07) is 9.47. The van der Waals surface area contributed by atoms with Gasteiger partial charge in [0.2, 0.25) is 10.0 Å². The lowest BCUT2D eigenvalue weighted by Gasteiger charge is -2.14. The molecule has 3 rings (SSSR count). The number of nitrogens with two attached hydrogens (primary N) is 1. The summed E-state index contributed by atoms with van der Waals surface area (Å²) in [5.74, 6) is -1.50. The van der Waals surface area contributed by atoms with Crippen LogP contribution in [0.3, 0.4) is 0 Å². The molecule has 0 unspecified atom stereocenters. The summed E-state index contributed by atoms with van der Waals surface area (Å²) in [7, 11) is -0.770. The molecule has 0 saturated carbocycles. The second kappa shape index (κ2) is 8.85. The number of hydrogen-bond donors (Lipinski definition) is 2. The Labute approximate surface area is 186 Å². The standard InChI is InChI=1S/C23H26FN3O4S/c1-14-5-7-18(32(30,31)26(3)4)12-19(14)22-15(2)27(13-17(24)9-10-25)21-8-6-16(23(28)29)11-20(21)22/h5-9,11-12H,10,13,25H2,1-4H3,(H,28,29)/b17-9-. The Balaban J connectivity index is 2.38. The Morgan fingerprint density at radius 3 is 2.47 bits per heavy atom. The number of sulfonamides is 1. The summed E-state index contributed by atoms with van der Waals surface area (Å²) >= 11 is 0. The Morgan fingerprint density at radius 2 is 1.88 bits per heavy atom. The molecule has 3 N–H and O–H groups in total. The topological polar surface area (TPSA) is 106 Å². The SMILES string of the molecule is Cc1ccc(S(=O)(=O)N(C)C)cc1-c1c(C)n(C/C(F)=C/CN)c2ccc(C(=O)O)cc12. The van der Waals surface area contributed by atoms with Crippen molar-refractivity contribution >= 4 is 26.9 Å². The van der Waals surface area contributed by atoms with Crippen molar-refractivity contribution in [3.63, 3.8) is 0 Å². The van der Waals surface area contributed by atoms with Gasteiger partial charge in [0.05, 0.1) is 17.0 Å². The van der Waals surface area contributed by atoms with E-state index in [1.807, 2.05) is 6.92 Å². The van der Waals surface area contributed by atoms with E-state index >= 15 is 0 Å². The van der Waals surface area contributed by atoms with E-state index < -0.39 is 21.8 Å². The second-order valence-electron chi connectivity index (χ2n) is 7.73. The van der Waals surface area contributed by atoms with Crippen LogP contribution >= 0.6 is 0 Å². The number of carboxylic acids is 1. The minimum Gasteiger partial charge on any atom is -0.478 e. The number of nitrogens with zero attached hydrogens (tertiary/aromatic N) is 2. The minimum absolute atomic E-state index is 0.0592. The molecule has 0 amide bonds. The minimum atomic E-state index is -3.68. The molecule has 0 radical (unpaired) electrons. The Bertz CT molecular complexity index is 1340. The number of aromatic nitrogens is 1. The van der Waals surface area contributed by atoms with Crippen LogP contribution in [0.2, 0.25) is 0 Å². The first-order chi connectivity index (χ1) is 15.0. The third-order valence-electron chi connectivity index (χ3n) is 5.48. The molecule has 0 bridgehead atoms. The second-order valence-corrected chi connectivity index (χ2v) is 9.89. The molecule has 7 nitrogen and oxygen atoms in total. The first-order valence-electron chi connectivity index (χ1n) is 9.93. The van der Waals surface area contributed by atoms with Gasteiger partial charge in [0.15, 0.2) is 0 Å². The lowest BCUT2D eigenvalue weighted by Crippen LogP contribution is -2.22. The van der Waals surface area contributed by atoms with Crippen molar-refractivity contribution in [2.45, 2.75) is 25.3 Å². The highest BCUT2D eigenvalue weighted by atomic mass is 32.2. The molecule has 170 valence electrons. The quantitative estimate of drug-likeness (QED) is 0.561. The largest absolute Gasteiger partial charge is 0.478 e. The van der Waals surface area contributed by atoms with Gasteiger partial charge in [0.1, 0.15) is 5.83 Å². The molecule has 0 saturated heterocycles. The lowest BCUT2D eigenvalue weighted by molar-refractivity contribution is 0.0697. The smallest absolute Gasteiger partial charge is 0.335 e. The van der Waals surface area contributed by atoms with E-state index in [9.17, 15) is 22.7 Å². The summed E-state index contributed by atoms with van der Waals surface area (Å²) in [5.41, 5.74) is 8.96. The van der Waals surface area contributed by atoms with Crippen molar-refractivity contribution in [3.8, 4) is 11.1 Å². The summed E-state index contributed by atoms with van der Waals surface area (Å²) in [6.45, 7) is 3.64. The van der Waals surface area contributed by atoms with Gasteiger partial charge in [-0.05, 0) is 61.4 Å². The zero-order chi connectivity index (χ0) is 23.8. The van der Waals surface area contributed by atoms with Crippen LogP contribution in [-0.4, -0.2) is 49.0 Å². The van der Waals surface area contributed by atoms with Crippen molar-refractivity contribution < 1.29 is 22.7 Å². The number of aryl methyl sites for hydroxylation is 1. The Morgan fingerprint density at radius 1 is 1.19 bits per heavy atom. The van der Waals surface area contributed by atoms with Crippen LogP contribution in [0.5, 0.6) is 0 Å². The Hall–Kier alpha value is -3.01. The van der Waals surface area contributed by atoms with Crippen LogP contribution < -0.4 is 5.73 Å². The van der Waals surface area contributed by atoms with E-state index in [1.165, 1.54) is 38.4 Å². The van der Waals surface area contributed by atoms with E-state index in [2.05, 4.69) is 0 Å². The molecular weight excluding hydrogens is 433 g/mol.